The van der Waals surface area contributed by atoms with Crippen LogP contribution in [0.15, 0.2) is 30.5 Å². The van der Waals surface area contributed by atoms with Gasteiger partial charge in [-0.05, 0) is 24.1 Å². The van der Waals surface area contributed by atoms with Gasteiger partial charge in [0.15, 0.2) is 0 Å². The highest BCUT2D eigenvalue weighted by Gasteiger charge is 2.16. The van der Waals surface area contributed by atoms with Crippen LogP contribution in [0.25, 0.3) is 0 Å². The monoisotopic (exact) mass is 292 g/mol. The van der Waals surface area contributed by atoms with Crippen molar-refractivity contribution >= 4 is 17.5 Å². The maximum Gasteiger partial charge on any atom is 0.329 e. The molecule has 4 N–H and O–H groups in total. The summed E-state index contributed by atoms with van der Waals surface area (Å²) in [5.74, 6) is 4.96. The molecule has 0 bridgehead atoms. The summed E-state index contributed by atoms with van der Waals surface area (Å²) in [7, 11) is 0. The number of nitrogens with two attached hydrogens (primary N) is 1. The van der Waals surface area contributed by atoms with Crippen molar-refractivity contribution in [1.82, 2.24) is 9.97 Å². The Hall–Kier alpha value is -2.81. The van der Waals surface area contributed by atoms with Gasteiger partial charge < -0.3 is 5.32 Å². The molecule has 0 saturated heterocycles. The zero-order valence-corrected chi connectivity index (χ0v) is 10.9. The molecule has 9 heteroatoms. The van der Waals surface area contributed by atoms with E-state index in [0.29, 0.717) is 13.0 Å². The summed E-state index contributed by atoms with van der Waals surface area (Å²) in [4.78, 5) is 17.9. The fourth-order valence-corrected chi connectivity index (χ4v) is 1.73. The number of nitro groups is 1. The summed E-state index contributed by atoms with van der Waals surface area (Å²) in [5, 5.41) is 13.7. The fraction of sp³-hybridized carbons (Fsp3) is 0.167. The number of anilines is 2. The van der Waals surface area contributed by atoms with Crippen LogP contribution in [0.3, 0.4) is 0 Å². The molecule has 1 aromatic heterocycles. The Labute approximate surface area is 119 Å². The maximum atomic E-state index is 13.0. The summed E-state index contributed by atoms with van der Waals surface area (Å²) >= 11 is 0. The van der Waals surface area contributed by atoms with E-state index in [9.17, 15) is 14.5 Å². The van der Waals surface area contributed by atoms with Crippen molar-refractivity contribution in [2.45, 2.75) is 6.42 Å². The van der Waals surface area contributed by atoms with E-state index < -0.39 is 4.92 Å². The van der Waals surface area contributed by atoms with E-state index in [1.54, 1.807) is 12.1 Å². The first-order valence-electron chi connectivity index (χ1n) is 6.06. The molecule has 0 fully saturated rings. The molecule has 2 aromatic rings. The van der Waals surface area contributed by atoms with Crippen molar-refractivity contribution in [1.29, 1.82) is 0 Å². The molecule has 21 heavy (non-hydrogen) atoms. The molecule has 0 unspecified atom stereocenters. The van der Waals surface area contributed by atoms with Crippen LogP contribution in [0.2, 0.25) is 0 Å². The predicted octanol–water partition coefficient (Wildman–Crippen LogP) is 1.46. The van der Waals surface area contributed by atoms with Gasteiger partial charge in [0, 0.05) is 6.54 Å². The van der Waals surface area contributed by atoms with Gasteiger partial charge in [-0.1, -0.05) is 12.1 Å². The molecule has 8 nitrogen and oxygen atoms in total. The number of halogens is 1. The van der Waals surface area contributed by atoms with Gasteiger partial charge in [0.2, 0.25) is 11.8 Å². The highest BCUT2D eigenvalue weighted by atomic mass is 19.1. The average molecular weight is 292 g/mol. The van der Waals surface area contributed by atoms with Crippen molar-refractivity contribution in [3.63, 3.8) is 0 Å². The summed E-state index contributed by atoms with van der Waals surface area (Å²) in [6.07, 6.45) is 1.55. The van der Waals surface area contributed by atoms with Gasteiger partial charge in [0.25, 0.3) is 0 Å². The van der Waals surface area contributed by atoms with E-state index >= 15 is 0 Å². The highest BCUT2D eigenvalue weighted by Crippen LogP contribution is 2.21. The van der Waals surface area contributed by atoms with Crippen LogP contribution in [0.5, 0.6) is 0 Å². The highest BCUT2D eigenvalue weighted by molar-refractivity contribution is 5.56. The first-order valence-corrected chi connectivity index (χ1v) is 6.06. The van der Waals surface area contributed by atoms with Crippen LogP contribution in [-0.4, -0.2) is 21.4 Å². The summed E-state index contributed by atoms with van der Waals surface area (Å²) in [5.41, 5.74) is 2.73. The van der Waals surface area contributed by atoms with E-state index in [4.69, 9.17) is 5.84 Å². The van der Waals surface area contributed by atoms with Gasteiger partial charge in [0.05, 0.1) is 4.92 Å². The number of benzene rings is 1. The van der Waals surface area contributed by atoms with Gasteiger partial charge in [-0.3, -0.25) is 15.5 Å². The lowest BCUT2D eigenvalue weighted by atomic mass is 10.1. The summed E-state index contributed by atoms with van der Waals surface area (Å²) < 4.78 is 13.0. The minimum atomic E-state index is -0.592. The lowest BCUT2D eigenvalue weighted by molar-refractivity contribution is -0.384. The SMILES string of the molecule is NNc1ncc([N+](=O)[O-])c(NCCc2cccc(F)c2)n1. The lowest BCUT2D eigenvalue weighted by Gasteiger charge is -2.07. The number of hydrazine groups is 1. The number of rotatable bonds is 6. The molecule has 0 aliphatic carbocycles. The van der Waals surface area contributed by atoms with Gasteiger partial charge in [0.1, 0.15) is 12.0 Å². The number of hydrogen-bond acceptors (Lipinski definition) is 7. The fourth-order valence-electron chi connectivity index (χ4n) is 1.73. The molecule has 0 radical (unpaired) electrons. The maximum absolute atomic E-state index is 13.0. The molecule has 1 heterocycles. The van der Waals surface area contributed by atoms with E-state index in [1.807, 2.05) is 0 Å². The van der Waals surface area contributed by atoms with Crippen LogP contribution in [0.4, 0.5) is 21.8 Å². The van der Waals surface area contributed by atoms with Crippen LogP contribution >= 0.6 is 0 Å². The Bertz CT molecular complexity index is 651. The zero-order chi connectivity index (χ0) is 15.2. The third kappa shape index (κ3) is 3.83. The normalized spacial score (nSPS) is 10.2. The van der Waals surface area contributed by atoms with Crippen LogP contribution in [0, 0.1) is 15.9 Å². The van der Waals surface area contributed by atoms with Crippen LogP contribution in [0.1, 0.15) is 5.56 Å². The number of nitrogen functional groups attached to an aromatic ring is 1. The third-order valence-corrected chi connectivity index (χ3v) is 2.69. The van der Waals surface area contributed by atoms with E-state index in [0.717, 1.165) is 11.8 Å². The minimum absolute atomic E-state index is 0.0550. The van der Waals surface area contributed by atoms with Crippen molar-refractivity contribution in [2.24, 2.45) is 5.84 Å². The standard InChI is InChI=1S/C12H13FN6O2/c13-9-3-1-2-8(6-9)4-5-15-11-10(19(20)21)7-16-12(17-11)18-14/h1-3,6-7H,4-5,14H2,(H2,15,16,17,18). The second kappa shape index (κ2) is 6.57. The van der Waals surface area contributed by atoms with Crippen molar-refractivity contribution in [2.75, 3.05) is 17.3 Å². The number of nitrogens with one attached hydrogen (secondary N) is 2. The van der Waals surface area contributed by atoms with Crippen LogP contribution in [-0.2, 0) is 6.42 Å². The summed E-state index contributed by atoms with van der Waals surface area (Å²) in [6, 6.07) is 6.13. The molecule has 0 spiro atoms. The van der Waals surface area contributed by atoms with E-state index in [1.165, 1.54) is 12.1 Å². The molecular weight excluding hydrogens is 279 g/mol. The molecule has 1 aromatic carbocycles. The second-order valence-electron chi connectivity index (χ2n) is 4.14. The number of aromatic nitrogens is 2. The van der Waals surface area contributed by atoms with Crippen molar-refractivity contribution < 1.29 is 9.31 Å². The lowest BCUT2D eigenvalue weighted by Crippen LogP contribution is -2.14. The zero-order valence-electron chi connectivity index (χ0n) is 10.9. The first-order chi connectivity index (χ1) is 10.1. The smallest absolute Gasteiger partial charge is 0.329 e. The van der Waals surface area contributed by atoms with E-state index in [-0.39, 0.29) is 23.3 Å². The largest absolute Gasteiger partial charge is 0.364 e. The Morgan fingerprint density at radius 3 is 2.90 bits per heavy atom. The molecule has 0 saturated carbocycles. The van der Waals surface area contributed by atoms with Gasteiger partial charge in [-0.2, -0.15) is 4.98 Å². The predicted molar refractivity (Wildman–Crippen MR) is 75.1 cm³/mol. The van der Waals surface area contributed by atoms with E-state index in [2.05, 4.69) is 20.7 Å². The average Bonchev–Trinajstić information content (AvgIpc) is 2.47. The molecule has 0 aliphatic rings. The van der Waals surface area contributed by atoms with Gasteiger partial charge >= 0.3 is 5.69 Å². The molecular formula is C12H13FN6O2. The Morgan fingerprint density at radius 2 is 2.24 bits per heavy atom. The van der Waals surface area contributed by atoms with Crippen molar-refractivity contribution in [3.8, 4) is 0 Å². The van der Waals surface area contributed by atoms with Crippen molar-refractivity contribution in [3.05, 3.63) is 52.0 Å². The molecule has 0 atom stereocenters. The van der Waals surface area contributed by atoms with Crippen LogP contribution < -0.4 is 16.6 Å². The summed E-state index contributed by atoms with van der Waals surface area (Å²) in [6.45, 7) is 0.352. The van der Waals surface area contributed by atoms with Gasteiger partial charge in [-0.15, -0.1) is 0 Å². The topological polar surface area (TPSA) is 119 Å². The Kier molecular flexibility index (Phi) is 4.57. The molecule has 110 valence electrons. The quantitative estimate of drug-likeness (QED) is 0.419. The van der Waals surface area contributed by atoms with Gasteiger partial charge in [-0.25, -0.2) is 15.2 Å². The minimum Gasteiger partial charge on any atom is -0.364 e. The molecule has 0 amide bonds. The second-order valence-corrected chi connectivity index (χ2v) is 4.14. The Morgan fingerprint density at radius 1 is 1.43 bits per heavy atom. The molecule has 2 rings (SSSR count). The third-order valence-electron chi connectivity index (χ3n) is 2.69. The number of nitrogens with zero attached hydrogens (tertiary/aromatic N) is 3. The Balaban J connectivity index is 2.06. The number of hydrogen-bond donors (Lipinski definition) is 3. The first kappa shape index (κ1) is 14.6. The molecule has 0 aliphatic heterocycles.